The molecule has 1 aromatic carbocycles. The number of piperidine rings is 1. The van der Waals surface area contributed by atoms with Gasteiger partial charge in [-0.15, -0.1) is 0 Å². The molecule has 4 rings (SSSR count). The molecule has 6 heteroatoms. The molecule has 3 fully saturated rings. The molecule has 0 aliphatic carbocycles. The average molecular weight is 357 g/mol. The Kier molecular flexibility index (Phi) is 4.96. The molecule has 0 radical (unpaired) electrons. The Hall–Kier alpha value is -1.92. The van der Waals surface area contributed by atoms with Crippen LogP contribution in [0.1, 0.15) is 37.3 Å². The van der Waals surface area contributed by atoms with Gasteiger partial charge in [-0.25, -0.2) is 4.79 Å². The largest absolute Gasteiger partial charge is 0.383 e. The van der Waals surface area contributed by atoms with Gasteiger partial charge in [0.2, 0.25) is 0 Å². The molecule has 3 aliphatic heterocycles. The standard InChI is InChI=1S/C20H27N3O3/c1-26-14-13-21-11-9-16(10-12-21)22-19(24)18-8-7-17(23(18)20(22)25)15-5-3-2-4-6-15/h2-6,16-18H,7-14H2,1H3/t17-,18-/m0/s1. The summed E-state index contributed by atoms with van der Waals surface area (Å²) in [6, 6.07) is 9.82. The zero-order valence-corrected chi connectivity index (χ0v) is 15.3. The third kappa shape index (κ3) is 3.01. The zero-order valence-electron chi connectivity index (χ0n) is 15.3. The highest BCUT2D eigenvalue weighted by atomic mass is 16.5. The minimum atomic E-state index is -0.265. The van der Waals surface area contributed by atoms with E-state index in [0.717, 1.165) is 57.5 Å². The van der Waals surface area contributed by atoms with Crippen LogP contribution in [-0.2, 0) is 9.53 Å². The van der Waals surface area contributed by atoms with Crippen molar-refractivity contribution in [2.75, 3.05) is 33.4 Å². The number of ether oxygens (including phenoxy) is 1. The van der Waals surface area contributed by atoms with Gasteiger partial charge < -0.3 is 14.5 Å². The summed E-state index contributed by atoms with van der Waals surface area (Å²) in [5.41, 5.74) is 1.13. The first-order valence-electron chi connectivity index (χ1n) is 9.62. The third-order valence-corrected chi connectivity index (χ3v) is 6.05. The topological polar surface area (TPSA) is 53.1 Å². The molecule has 2 atom stereocenters. The Labute approximate surface area is 154 Å². The lowest BCUT2D eigenvalue weighted by Crippen LogP contribution is -2.48. The third-order valence-electron chi connectivity index (χ3n) is 6.05. The lowest BCUT2D eigenvalue weighted by Gasteiger charge is -2.36. The number of likely N-dealkylation sites (tertiary alicyclic amines) is 1. The number of hydrogen-bond donors (Lipinski definition) is 0. The van der Waals surface area contributed by atoms with Crippen LogP contribution in [0, 0.1) is 0 Å². The summed E-state index contributed by atoms with van der Waals surface area (Å²) in [4.78, 5) is 31.9. The van der Waals surface area contributed by atoms with E-state index in [1.807, 2.05) is 23.1 Å². The average Bonchev–Trinajstić information content (AvgIpc) is 3.22. The molecule has 6 nitrogen and oxygen atoms in total. The van der Waals surface area contributed by atoms with Crippen molar-refractivity contribution < 1.29 is 14.3 Å². The number of methoxy groups -OCH3 is 1. The molecule has 3 saturated heterocycles. The van der Waals surface area contributed by atoms with E-state index in [2.05, 4.69) is 17.0 Å². The van der Waals surface area contributed by atoms with Crippen LogP contribution >= 0.6 is 0 Å². The number of urea groups is 1. The van der Waals surface area contributed by atoms with Gasteiger partial charge in [-0.1, -0.05) is 30.3 Å². The van der Waals surface area contributed by atoms with Crippen molar-refractivity contribution in [1.82, 2.24) is 14.7 Å². The van der Waals surface area contributed by atoms with E-state index in [4.69, 9.17) is 4.74 Å². The second-order valence-electron chi connectivity index (χ2n) is 7.48. The van der Waals surface area contributed by atoms with E-state index in [-0.39, 0.29) is 30.1 Å². The van der Waals surface area contributed by atoms with Crippen molar-refractivity contribution in [3.63, 3.8) is 0 Å². The van der Waals surface area contributed by atoms with E-state index in [9.17, 15) is 9.59 Å². The molecule has 0 aromatic heterocycles. The number of imide groups is 1. The lowest BCUT2D eigenvalue weighted by atomic mass is 10.0. The highest BCUT2D eigenvalue weighted by molar-refractivity contribution is 6.05. The van der Waals surface area contributed by atoms with Crippen LogP contribution in [0.2, 0.25) is 0 Å². The maximum Gasteiger partial charge on any atom is 0.328 e. The zero-order chi connectivity index (χ0) is 18.1. The first kappa shape index (κ1) is 17.5. The van der Waals surface area contributed by atoms with E-state index in [1.165, 1.54) is 0 Å². The number of nitrogens with zero attached hydrogens (tertiary/aromatic N) is 3. The number of carbonyl (C=O) groups excluding carboxylic acids is 2. The molecule has 0 saturated carbocycles. The SMILES string of the molecule is COCCN1CCC(N2C(=O)[C@@H]3CC[C@@H](c4ccccc4)N3C2=O)CC1. The highest BCUT2D eigenvalue weighted by Gasteiger charge is 2.53. The van der Waals surface area contributed by atoms with Crippen LogP contribution in [0.3, 0.4) is 0 Å². The first-order valence-corrected chi connectivity index (χ1v) is 9.62. The Morgan fingerprint density at radius 3 is 2.38 bits per heavy atom. The minimum Gasteiger partial charge on any atom is -0.383 e. The molecule has 26 heavy (non-hydrogen) atoms. The van der Waals surface area contributed by atoms with Gasteiger partial charge in [-0.2, -0.15) is 0 Å². The molecular formula is C20H27N3O3. The van der Waals surface area contributed by atoms with Crippen LogP contribution < -0.4 is 0 Å². The number of rotatable bonds is 5. The maximum atomic E-state index is 13.1. The Morgan fingerprint density at radius 1 is 1.00 bits per heavy atom. The van der Waals surface area contributed by atoms with Crippen molar-refractivity contribution in [2.24, 2.45) is 0 Å². The van der Waals surface area contributed by atoms with Gasteiger partial charge >= 0.3 is 6.03 Å². The van der Waals surface area contributed by atoms with Gasteiger partial charge in [0.05, 0.1) is 12.6 Å². The molecule has 3 amide bonds. The van der Waals surface area contributed by atoms with Crippen molar-refractivity contribution in [3.05, 3.63) is 35.9 Å². The fourth-order valence-corrected chi connectivity index (χ4v) is 4.66. The smallest absolute Gasteiger partial charge is 0.328 e. The highest BCUT2D eigenvalue weighted by Crippen LogP contribution is 2.42. The van der Waals surface area contributed by atoms with E-state index in [1.54, 1.807) is 12.0 Å². The number of amides is 3. The molecule has 0 N–H and O–H groups in total. The Morgan fingerprint density at radius 2 is 1.69 bits per heavy atom. The van der Waals surface area contributed by atoms with Gasteiger partial charge in [0.1, 0.15) is 6.04 Å². The molecule has 140 valence electrons. The van der Waals surface area contributed by atoms with Crippen molar-refractivity contribution in [1.29, 1.82) is 0 Å². The molecular weight excluding hydrogens is 330 g/mol. The van der Waals surface area contributed by atoms with Crippen LogP contribution in [0.15, 0.2) is 30.3 Å². The van der Waals surface area contributed by atoms with E-state index in [0.29, 0.717) is 0 Å². The summed E-state index contributed by atoms with van der Waals surface area (Å²) in [5.74, 6) is 0.0174. The second-order valence-corrected chi connectivity index (χ2v) is 7.48. The second kappa shape index (κ2) is 7.37. The summed E-state index contributed by atoms with van der Waals surface area (Å²) in [6.45, 7) is 3.46. The Balaban J connectivity index is 1.45. The summed E-state index contributed by atoms with van der Waals surface area (Å²) in [6.07, 6.45) is 3.36. The molecule has 0 bridgehead atoms. The van der Waals surface area contributed by atoms with Gasteiger partial charge in [0.15, 0.2) is 0 Å². The monoisotopic (exact) mass is 357 g/mol. The summed E-state index contributed by atoms with van der Waals surface area (Å²) >= 11 is 0. The van der Waals surface area contributed by atoms with E-state index >= 15 is 0 Å². The molecule has 1 aromatic rings. The molecule has 0 spiro atoms. The van der Waals surface area contributed by atoms with Crippen molar-refractivity contribution in [3.8, 4) is 0 Å². The van der Waals surface area contributed by atoms with E-state index < -0.39 is 0 Å². The van der Waals surface area contributed by atoms with Crippen LogP contribution in [0.5, 0.6) is 0 Å². The normalized spacial score (nSPS) is 27.4. The maximum absolute atomic E-state index is 13.1. The van der Waals surface area contributed by atoms with Gasteiger partial charge in [-0.05, 0) is 31.2 Å². The predicted molar refractivity (Wildman–Crippen MR) is 97.6 cm³/mol. The number of carbonyl (C=O) groups is 2. The molecule has 3 aliphatic rings. The first-order chi connectivity index (χ1) is 12.7. The Bertz CT molecular complexity index is 658. The quantitative estimate of drug-likeness (QED) is 0.759. The van der Waals surface area contributed by atoms with Crippen molar-refractivity contribution >= 4 is 11.9 Å². The fourth-order valence-electron chi connectivity index (χ4n) is 4.66. The molecule has 3 heterocycles. The molecule has 0 unspecified atom stereocenters. The lowest BCUT2D eigenvalue weighted by molar-refractivity contribution is -0.130. The number of hydrogen-bond acceptors (Lipinski definition) is 4. The summed E-state index contributed by atoms with van der Waals surface area (Å²) in [5, 5.41) is 0. The van der Waals surface area contributed by atoms with Gasteiger partial charge in [0.25, 0.3) is 5.91 Å². The number of benzene rings is 1. The minimum absolute atomic E-state index is 0.0174. The van der Waals surface area contributed by atoms with Crippen LogP contribution in [0.4, 0.5) is 4.79 Å². The fraction of sp³-hybridized carbons (Fsp3) is 0.600. The van der Waals surface area contributed by atoms with Gasteiger partial charge in [0, 0.05) is 32.8 Å². The summed E-state index contributed by atoms with van der Waals surface area (Å²) in [7, 11) is 1.71. The van der Waals surface area contributed by atoms with Crippen LogP contribution in [0.25, 0.3) is 0 Å². The van der Waals surface area contributed by atoms with Crippen LogP contribution in [-0.4, -0.2) is 72.1 Å². The number of fused-ring (bicyclic) bond motifs is 1. The van der Waals surface area contributed by atoms with Crippen molar-refractivity contribution in [2.45, 2.75) is 43.8 Å². The van der Waals surface area contributed by atoms with Gasteiger partial charge in [-0.3, -0.25) is 9.69 Å². The predicted octanol–water partition coefficient (Wildman–Crippen LogP) is 2.27. The summed E-state index contributed by atoms with van der Waals surface area (Å²) < 4.78 is 5.14.